The van der Waals surface area contributed by atoms with Gasteiger partial charge in [0.1, 0.15) is 5.58 Å². The summed E-state index contributed by atoms with van der Waals surface area (Å²) in [6.45, 7) is 0.538. The van der Waals surface area contributed by atoms with Crippen molar-refractivity contribution in [1.82, 2.24) is 4.57 Å². The Bertz CT molecular complexity index is 1150. The molecule has 0 N–H and O–H groups in total. The third-order valence-electron chi connectivity index (χ3n) is 4.50. The van der Waals surface area contributed by atoms with Crippen LogP contribution in [0.1, 0.15) is 16.8 Å². The summed E-state index contributed by atoms with van der Waals surface area (Å²) in [5.41, 5.74) is 5.85. The zero-order valence-electron chi connectivity index (χ0n) is 13.0. The fraction of sp³-hybridized carbons (Fsp3) is 0.0500. The van der Waals surface area contributed by atoms with Gasteiger partial charge in [0.2, 0.25) is 0 Å². The SMILES string of the molecule is Clc1cc2cc(C3=NCc4c(Cl)cccc4-n4cccc43)ccc2o1. The largest absolute Gasteiger partial charge is 0.445 e. The standard InChI is InChI=1S/C20H12Cl2N2O/c21-15-3-1-4-16-14(15)11-23-20(17-5-2-8-24(16)17)12-6-7-18-13(9-12)10-19(22)25-18/h1-10H,11H2. The number of aromatic nitrogens is 1. The van der Waals surface area contributed by atoms with Crippen molar-refractivity contribution in [3.63, 3.8) is 0 Å². The fourth-order valence-electron chi connectivity index (χ4n) is 3.35. The first-order valence-electron chi connectivity index (χ1n) is 7.90. The Morgan fingerprint density at radius 3 is 2.84 bits per heavy atom. The van der Waals surface area contributed by atoms with Gasteiger partial charge >= 0.3 is 0 Å². The molecule has 4 aromatic rings. The minimum Gasteiger partial charge on any atom is -0.445 e. The second-order valence-corrected chi connectivity index (χ2v) is 6.75. The number of furan rings is 1. The third kappa shape index (κ3) is 2.31. The van der Waals surface area contributed by atoms with Gasteiger partial charge in [0.25, 0.3) is 0 Å². The molecule has 25 heavy (non-hydrogen) atoms. The smallest absolute Gasteiger partial charge is 0.194 e. The van der Waals surface area contributed by atoms with E-state index in [1.165, 1.54) is 0 Å². The molecule has 1 aliphatic rings. The van der Waals surface area contributed by atoms with Crippen molar-refractivity contribution in [1.29, 1.82) is 0 Å². The Balaban J connectivity index is 1.73. The zero-order chi connectivity index (χ0) is 17.0. The van der Waals surface area contributed by atoms with Gasteiger partial charge in [0.15, 0.2) is 5.22 Å². The molecule has 0 radical (unpaired) electrons. The molecule has 0 bridgehead atoms. The maximum atomic E-state index is 6.41. The lowest BCUT2D eigenvalue weighted by Gasteiger charge is -2.11. The summed E-state index contributed by atoms with van der Waals surface area (Å²) >= 11 is 12.4. The average Bonchev–Trinajstić information content (AvgIpc) is 3.18. The lowest BCUT2D eigenvalue weighted by molar-refractivity contribution is 0.618. The van der Waals surface area contributed by atoms with E-state index in [0.29, 0.717) is 11.8 Å². The van der Waals surface area contributed by atoms with Crippen LogP contribution in [0.4, 0.5) is 0 Å². The summed E-state index contributed by atoms with van der Waals surface area (Å²) in [6, 6.07) is 17.9. The highest BCUT2D eigenvalue weighted by Gasteiger charge is 2.20. The fourth-order valence-corrected chi connectivity index (χ4v) is 3.78. The van der Waals surface area contributed by atoms with Gasteiger partial charge in [-0.05, 0) is 54.1 Å². The molecule has 2 aromatic carbocycles. The maximum Gasteiger partial charge on any atom is 0.194 e. The van der Waals surface area contributed by atoms with Crippen molar-refractivity contribution < 1.29 is 4.42 Å². The monoisotopic (exact) mass is 366 g/mol. The van der Waals surface area contributed by atoms with Crippen LogP contribution in [-0.4, -0.2) is 10.3 Å². The van der Waals surface area contributed by atoms with Gasteiger partial charge in [0, 0.05) is 33.8 Å². The molecule has 5 heteroatoms. The van der Waals surface area contributed by atoms with Crippen LogP contribution >= 0.6 is 23.2 Å². The Morgan fingerprint density at radius 2 is 1.92 bits per heavy atom. The van der Waals surface area contributed by atoms with Crippen LogP contribution < -0.4 is 0 Å². The molecule has 0 saturated heterocycles. The van der Waals surface area contributed by atoms with E-state index in [2.05, 4.69) is 22.8 Å². The predicted octanol–water partition coefficient (Wildman–Crippen LogP) is 5.88. The van der Waals surface area contributed by atoms with E-state index in [4.69, 9.17) is 32.6 Å². The van der Waals surface area contributed by atoms with E-state index in [1.54, 1.807) is 0 Å². The van der Waals surface area contributed by atoms with E-state index in [0.717, 1.165) is 44.2 Å². The minimum absolute atomic E-state index is 0.387. The highest BCUT2D eigenvalue weighted by Crippen LogP contribution is 2.31. The van der Waals surface area contributed by atoms with Gasteiger partial charge in [-0.2, -0.15) is 0 Å². The van der Waals surface area contributed by atoms with Crippen molar-refractivity contribution in [3.8, 4) is 5.69 Å². The summed E-state index contributed by atoms with van der Waals surface area (Å²) in [4.78, 5) is 4.87. The van der Waals surface area contributed by atoms with Crippen molar-refractivity contribution in [2.24, 2.45) is 4.99 Å². The molecule has 0 amide bonds. The van der Waals surface area contributed by atoms with Crippen molar-refractivity contribution in [2.45, 2.75) is 6.54 Å². The number of benzene rings is 2. The molecule has 0 spiro atoms. The molecular weight excluding hydrogens is 355 g/mol. The Hall–Kier alpha value is -2.49. The molecule has 3 nitrogen and oxygen atoms in total. The highest BCUT2D eigenvalue weighted by molar-refractivity contribution is 6.31. The number of aliphatic imine (C=N–C) groups is 1. The normalized spacial score (nSPS) is 13.3. The van der Waals surface area contributed by atoms with Crippen molar-refractivity contribution in [3.05, 3.63) is 87.9 Å². The quantitative estimate of drug-likeness (QED) is 0.413. The molecule has 0 atom stereocenters. The van der Waals surface area contributed by atoms with E-state index in [-0.39, 0.29) is 0 Å². The number of hydrogen-bond donors (Lipinski definition) is 0. The first-order chi connectivity index (χ1) is 12.2. The lowest BCUT2D eigenvalue weighted by atomic mass is 10.1. The summed E-state index contributed by atoms with van der Waals surface area (Å²) < 4.78 is 7.60. The van der Waals surface area contributed by atoms with Gasteiger partial charge in [-0.25, -0.2) is 0 Å². The Kier molecular flexibility index (Phi) is 3.27. The molecule has 0 fully saturated rings. The topological polar surface area (TPSA) is 30.4 Å². The molecule has 0 aliphatic carbocycles. The molecule has 5 rings (SSSR count). The minimum atomic E-state index is 0.387. The van der Waals surface area contributed by atoms with Crippen LogP contribution in [0.2, 0.25) is 10.2 Å². The summed E-state index contributed by atoms with van der Waals surface area (Å²) in [6.07, 6.45) is 2.04. The third-order valence-corrected chi connectivity index (χ3v) is 5.04. The highest BCUT2D eigenvalue weighted by atomic mass is 35.5. The molecular formula is C20H12Cl2N2O. The van der Waals surface area contributed by atoms with Crippen LogP contribution in [0.15, 0.2) is 70.2 Å². The average molecular weight is 367 g/mol. The summed E-state index contributed by atoms with van der Waals surface area (Å²) in [5.74, 6) is 0. The number of rotatable bonds is 1. The van der Waals surface area contributed by atoms with Crippen LogP contribution in [-0.2, 0) is 6.54 Å². The molecule has 3 heterocycles. The molecule has 1 aliphatic heterocycles. The van der Waals surface area contributed by atoms with Crippen LogP contribution in [0.5, 0.6) is 0 Å². The first kappa shape index (κ1) is 14.8. The Morgan fingerprint density at radius 1 is 1.00 bits per heavy atom. The first-order valence-corrected chi connectivity index (χ1v) is 8.66. The van der Waals surface area contributed by atoms with E-state index in [1.807, 2.05) is 42.6 Å². The zero-order valence-corrected chi connectivity index (χ0v) is 14.6. The molecule has 122 valence electrons. The number of hydrogen-bond acceptors (Lipinski definition) is 2. The van der Waals surface area contributed by atoms with E-state index in [9.17, 15) is 0 Å². The van der Waals surface area contributed by atoms with Crippen molar-refractivity contribution in [2.75, 3.05) is 0 Å². The number of nitrogens with zero attached hydrogens (tertiary/aromatic N) is 2. The second-order valence-electron chi connectivity index (χ2n) is 5.97. The van der Waals surface area contributed by atoms with Gasteiger partial charge in [-0.1, -0.05) is 17.7 Å². The van der Waals surface area contributed by atoms with E-state index >= 15 is 0 Å². The van der Waals surface area contributed by atoms with Crippen LogP contribution in [0.3, 0.4) is 0 Å². The van der Waals surface area contributed by atoms with Crippen LogP contribution in [0.25, 0.3) is 16.7 Å². The molecule has 0 saturated carbocycles. The van der Waals surface area contributed by atoms with Gasteiger partial charge in [-0.15, -0.1) is 0 Å². The lowest BCUT2D eigenvalue weighted by Crippen LogP contribution is -2.08. The second kappa shape index (κ2) is 5.51. The van der Waals surface area contributed by atoms with Crippen molar-refractivity contribution >= 4 is 39.9 Å². The molecule has 2 aromatic heterocycles. The number of fused-ring (bicyclic) bond motifs is 4. The van der Waals surface area contributed by atoms with Gasteiger partial charge in [0.05, 0.1) is 23.6 Å². The van der Waals surface area contributed by atoms with Crippen LogP contribution in [0, 0.1) is 0 Å². The predicted molar refractivity (Wildman–Crippen MR) is 101 cm³/mol. The number of halogens is 2. The molecule has 0 unspecified atom stereocenters. The van der Waals surface area contributed by atoms with Gasteiger partial charge in [-0.3, -0.25) is 4.99 Å². The van der Waals surface area contributed by atoms with Gasteiger partial charge < -0.3 is 8.98 Å². The summed E-state index contributed by atoms with van der Waals surface area (Å²) in [5, 5.41) is 2.08. The summed E-state index contributed by atoms with van der Waals surface area (Å²) in [7, 11) is 0. The maximum absolute atomic E-state index is 6.41. The Labute approximate surface area is 154 Å². The van der Waals surface area contributed by atoms with E-state index < -0.39 is 0 Å².